The van der Waals surface area contributed by atoms with Crippen molar-refractivity contribution >= 4 is 11.8 Å². The van der Waals surface area contributed by atoms with Gasteiger partial charge in [-0.05, 0) is 19.3 Å². The van der Waals surface area contributed by atoms with E-state index in [9.17, 15) is 9.59 Å². The number of nitrogens with one attached hydrogen (secondary N) is 1. The van der Waals surface area contributed by atoms with Crippen molar-refractivity contribution in [3.8, 4) is 0 Å². The van der Waals surface area contributed by atoms with Crippen molar-refractivity contribution in [1.29, 1.82) is 0 Å². The molecule has 2 N–H and O–H groups in total. The minimum Gasteiger partial charge on any atom is -0.481 e. The third-order valence-corrected chi connectivity index (χ3v) is 3.04. The molecule has 1 fully saturated rings. The van der Waals surface area contributed by atoms with E-state index in [0.29, 0.717) is 18.0 Å². The number of carboxylic acid groups (broad SMARTS) is 1. The lowest BCUT2D eigenvalue weighted by Crippen LogP contribution is -2.38. The van der Waals surface area contributed by atoms with Crippen molar-refractivity contribution in [2.24, 2.45) is 0 Å². The maximum atomic E-state index is 12.3. The van der Waals surface area contributed by atoms with Crippen molar-refractivity contribution in [3.05, 3.63) is 35.9 Å². The lowest BCUT2D eigenvalue weighted by Gasteiger charge is -2.16. The third-order valence-electron chi connectivity index (χ3n) is 3.04. The molecule has 0 spiro atoms. The van der Waals surface area contributed by atoms with Gasteiger partial charge in [0.15, 0.2) is 5.78 Å². The number of carbonyl (C=O) groups is 2. The van der Waals surface area contributed by atoms with Gasteiger partial charge in [0.2, 0.25) is 0 Å². The molecule has 0 aliphatic heterocycles. The maximum Gasteiger partial charge on any atom is 0.303 e. The number of rotatable bonds is 7. The number of Topliss-reactive ketones (excluding diaryl/α,β-unsaturated/α-hetero) is 1. The molecule has 0 bridgehead atoms. The second-order valence-corrected chi connectivity index (χ2v) is 4.66. The fraction of sp³-hybridized carbons (Fsp3) is 0.429. The quantitative estimate of drug-likeness (QED) is 0.722. The first-order chi connectivity index (χ1) is 8.66. The summed E-state index contributed by atoms with van der Waals surface area (Å²) in [5.41, 5.74) is 0.640. The van der Waals surface area contributed by atoms with Crippen LogP contribution in [0.25, 0.3) is 0 Å². The van der Waals surface area contributed by atoms with E-state index in [-0.39, 0.29) is 18.2 Å². The minimum absolute atomic E-state index is 0.0104. The summed E-state index contributed by atoms with van der Waals surface area (Å²) in [5, 5.41) is 12.0. The van der Waals surface area contributed by atoms with E-state index in [1.165, 1.54) is 0 Å². The van der Waals surface area contributed by atoms with Crippen LogP contribution in [0.4, 0.5) is 0 Å². The molecule has 1 unspecified atom stereocenters. The number of aliphatic carboxylic acids is 1. The average molecular weight is 247 g/mol. The van der Waals surface area contributed by atoms with E-state index in [1.807, 2.05) is 18.2 Å². The molecule has 4 nitrogen and oxygen atoms in total. The Kier molecular flexibility index (Phi) is 4.10. The molecular formula is C14H17NO3. The molecule has 1 aliphatic rings. The highest BCUT2D eigenvalue weighted by Gasteiger charge is 2.29. The van der Waals surface area contributed by atoms with E-state index in [1.54, 1.807) is 12.1 Å². The van der Waals surface area contributed by atoms with Crippen molar-refractivity contribution in [2.45, 2.75) is 37.8 Å². The Labute approximate surface area is 106 Å². The predicted octanol–water partition coefficient (Wildman–Crippen LogP) is 1.85. The second-order valence-electron chi connectivity index (χ2n) is 4.66. The topological polar surface area (TPSA) is 66.4 Å². The van der Waals surface area contributed by atoms with Crippen LogP contribution in [0.5, 0.6) is 0 Å². The fourth-order valence-corrected chi connectivity index (χ4v) is 1.90. The summed E-state index contributed by atoms with van der Waals surface area (Å²) in [5.74, 6) is -0.873. The summed E-state index contributed by atoms with van der Waals surface area (Å²) in [4.78, 5) is 22.9. The van der Waals surface area contributed by atoms with Crippen LogP contribution in [0, 0.1) is 0 Å². The molecule has 1 aromatic carbocycles. The zero-order chi connectivity index (χ0) is 13.0. The average Bonchev–Trinajstić information content (AvgIpc) is 3.18. The van der Waals surface area contributed by atoms with Gasteiger partial charge in [-0.25, -0.2) is 0 Å². The van der Waals surface area contributed by atoms with Gasteiger partial charge in [0.1, 0.15) is 0 Å². The first kappa shape index (κ1) is 12.8. The number of carboxylic acids is 1. The van der Waals surface area contributed by atoms with Gasteiger partial charge in [-0.2, -0.15) is 0 Å². The summed E-state index contributed by atoms with van der Waals surface area (Å²) >= 11 is 0. The molecule has 2 rings (SSSR count). The smallest absolute Gasteiger partial charge is 0.303 e. The first-order valence-electron chi connectivity index (χ1n) is 6.24. The third kappa shape index (κ3) is 3.67. The number of hydrogen-bond acceptors (Lipinski definition) is 3. The van der Waals surface area contributed by atoms with Crippen LogP contribution in [0.2, 0.25) is 0 Å². The summed E-state index contributed by atoms with van der Waals surface area (Å²) in [6.07, 6.45) is 2.51. The van der Waals surface area contributed by atoms with E-state index in [4.69, 9.17) is 5.11 Å². The first-order valence-corrected chi connectivity index (χ1v) is 6.24. The van der Waals surface area contributed by atoms with Gasteiger partial charge in [0, 0.05) is 18.0 Å². The maximum absolute atomic E-state index is 12.3. The Morgan fingerprint density at radius 2 is 1.94 bits per heavy atom. The number of ketones is 1. The highest BCUT2D eigenvalue weighted by molar-refractivity contribution is 6.00. The van der Waals surface area contributed by atoms with Gasteiger partial charge in [-0.3, -0.25) is 9.59 Å². The lowest BCUT2D eigenvalue weighted by atomic mass is 10.00. The highest BCUT2D eigenvalue weighted by Crippen LogP contribution is 2.21. The summed E-state index contributed by atoms with van der Waals surface area (Å²) in [7, 11) is 0. The Morgan fingerprint density at radius 1 is 1.28 bits per heavy atom. The molecule has 18 heavy (non-hydrogen) atoms. The molecule has 1 saturated carbocycles. The van der Waals surface area contributed by atoms with Crippen LogP contribution in [0.1, 0.15) is 36.0 Å². The lowest BCUT2D eigenvalue weighted by molar-refractivity contribution is -0.137. The van der Waals surface area contributed by atoms with Crippen molar-refractivity contribution in [3.63, 3.8) is 0 Å². The molecule has 0 saturated heterocycles. The van der Waals surface area contributed by atoms with Crippen LogP contribution in [-0.2, 0) is 4.79 Å². The SMILES string of the molecule is O=C(O)CCC(NC1CC1)C(=O)c1ccccc1. The molecule has 4 heteroatoms. The normalized spacial score (nSPS) is 16.2. The van der Waals surface area contributed by atoms with E-state index in [2.05, 4.69) is 5.32 Å². The van der Waals surface area contributed by atoms with Gasteiger partial charge in [-0.15, -0.1) is 0 Å². The van der Waals surface area contributed by atoms with Crippen molar-refractivity contribution in [2.75, 3.05) is 0 Å². The highest BCUT2D eigenvalue weighted by atomic mass is 16.4. The van der Waals surface area contributed by atoms with Gasteiger partial charge in [0.05, 0.1) is 6.04 Å². The number of carbonyl (C=O) groups excluding carboxylic acids is 1. The van der Waals surface area contributed by atoms with Crippen molar-refractivity contribution in [1.82, 2.24) is 5.32 Å². The Bertz CT molecular complexity index is 426. The largest absolute Gasteiger partial charge is 0.481 e. The van der Waals surface area contributed by atoms with E-state index in [0.717, 1.165) is 12.8 Å². The Morgan fingerprint density at radius 3 is 2.50 bits per heavy atom. The monoisotopic (exact) mass is 247 g/mol. The van der Waals surface area contributed by atoms with Gasteiger partial charge >= 0.3 is 5.97 Å². The van der Waals surface area contributed by atoms with Gasteiger partial charge in [-0.1, -0.05) is 30.3 Å². The van der Waals surface area contributed by atoms with Crippen LogP contribution in [-0.4, -0.2) is 28.9 Å². The zero-order valence-electron chi connectivity index (χ0n) is 10.1. The van der Waals surface area contributed by atoms with Gasteiger partial charge < -0.3 is 10.4 Å². The van der Waals surface area contributed by atoms with Crippen LogP contribution >= 0.6 is 0 Å². The zero-order valence-corrected chi connectivity index (χ0v) is 10.1. The van der Waals surface area contributed by atoms with Crippen LogP contribution in [0.15, 0.2) is 30.3 Å². The number of benzene rings is 1. The van der Waals surface area contributed by atoms with Gasteiger partial charge in [0.25, 0.3) is 0 Å². The summed E-state index contributed by atoms with van der Waals surface area (Å²) in [6.45, 7) is 0. The standard InChI is InChI=1S/C14H17NO3/c16-13(17)9-8-12(15-11-6-7-11)14(18)10-4-2-1-3-5-10/h1-5,11-12,15H,6-9H2,(H,16,17). The second kappa shape index (κ2) is 5.78. The molecule has 0 amide bonds. The molecule has 1 atom stereocenters. The molecule has 0 radical (unpaired) electrons. The van der Waals surface area contributed by atoms with Crippen LogP contribution < -0.4 is 5.32 Å². The van der Waals surface area contributed by atoms with E-state index < -0.39 is 5.97 Å². The van der Waals surface area contributed by atoms with Crippen LogP contribution in [0.3, 0.4) is 0 Å². The van der Waals surface area contributed by atoms with Crippen molar-refractivity contribution < 1.29 is 14.7 Å². The fourth-order valence-electron chi connectivity index (χ4n) is 1.90. The summed E-state index contributed by atoms with van der Waals surface area (Å²) < 4.78 is 0. The Balaban J connectivity index is 2.02. The molecule has 96 valence electrons. The van der Waals surface area contributed by atoms with E-state index >= 15 is 0 Å². The Hall–Kier alpha value is -1.68. The molecule has 1 aromatic rings. The summed E-state index contributed by atoms with van der Waals surface area (Å²) in [6, 6.07) is 9.04. The molecule has 1 aliphatic carbocycles. The molecule has 0 heterocycles. The number of hydrogen-bond donors (Lipinski definition) is 2. The molecular weight excluding hydrogens is 230 g/mol. The minimum atomic E-state index is -0.863. The molecule has 0 aromatic heterocycles. The predicted molar refractivity (Wildman–Crippen MR) is 67.6 cm³/mol.